The molecule has 0 aromatic heterocycles. The number of rotatable bonds is 5. The molecule has 0 bridgehead atoms. The Morgan fingerprint density at radius 3 is 2.68 bits per heavy atom. The number of nitrogens with zero attached hydrogens (tertiary/aromatic N) is 1. The monoisotopic (exact) mass is 264 g/mol. The summed E-state index contributed by atoms with van der Waals surface area (Å²) in [7, 11) is 1.79. The van der Waals surface area contributed by atoms with Crippen molar-refractivity contribution in [3.05, 3.63) is 18.2 Å². The van der Waals surface area contributed by atoms with Crippen LogP contribution in [0.2, 0.25) is 0 Å². The topological polar surface area (TPSA) is 47.7 Å². The average Bonchev–Trinajstić information content (AvgIpc) is 2.46. The minimum Gasteiger partial charge on any atom is -0.491 e. The van der Waals surface area contributed by atoms with Gasteiger partial charge in [0.15, 0.2) is 0 Å². The second kappa shape index (κ2) is 6.66. The van der Waals surface area contributed by atoms with Gasteiger partial charge in [0.05, 0.1) is 24.1 Å². The zero-order chi connectivity index (χ0) is 13.7. The molecule has 0 aliphatic carbocycles. The predicted octanol–water partition coefficient (Wildman–Crippen LogP) is 2.67. The zero-order valence-electron chi connectivity index (χ0n) is 11.9. The predicted molar refractivity (Wildman–Crippen MR) is 78.9 cm³/mol. The van der Waals surface area contributed by atoms with Gasteiger partial charge < -0.3 is 20.1 Å². The van der Waals surface area contributed by atoms with Gasteiger partial charge in [-0.15, -0.1) is 0 Å². The van der Waals surface area contributed by atoms with Crippen LogP contribution in [0.3, 0.4) is 0 Å². The first-order valence-electron chi connectivity index (χ1n) is 7.05. The molecule has 0 atom stereocenters. The normalized spacial score (nSPS) is 16.6. The number of piperidine rings is 1. The Kier molecular flexibility index (Phi) is 4.91. The lowest BCUT2D eigenvalue weighted by molar-refractivity contribution is 0.0819. The van der Waals surface area contributed by atoms with Crippen LogP contribution < -0.4 is 15.4 Å². The van der Waals surface area contributed by atoms with Crippen LogP contribution in [-0.4, -0.2) is 32.9 Å². The Bertz CT molecular complexity index is 401. The summed E-state index contributed by atoms with van der Waals surface area (Å²) < 4.78 is 11.1. The van der Waals surface area contributed by atoms with E-state index in [-0.39, 0.29) is 0 Å². The molecule has 2 rings (SSSR count). The van der Waals surface area contributed by atoms with Crippen LogP contribution >= 0.6 is 0 Å². The first-order valence-corrected chi connectivity index (χ1v) is 7.05. The van der Waals surface area contributed by atoms with Gasteiger partial charge in [0.1, 0.15) is 5.75 Å². The number of hydrogen-bond acceptors (Lipinski definition) is 4. The molecule has 106 valence electrons. The second-order valence-corrected chi connectivity index (χ2v) is 4.96. The van der Waals surface area contributed by atoms with Gasteiger partial charge in [-0.05, 0) is 31.4 Å². The van der Waals surface area contributed by atoms with Crippen molar-refractivity contribution >= 4 is 11.4 Å². The lowest BCUT2D eigenvalue weighted by Crippen LogP contribution is -2.37. The lowest BCUT2D eigenvalue weighted by atomic mass is 10.1. The van der Waals surface area contributed by atoms with Crippen molar-refractivity contribution in [1.29, 1.82) is 0 Å². The molecule has 0 radical (unpaired) electrons. The maximum atomic E-state index is 6.22. The molecule has 1 aliphatic heterocycles. The number of nitrogen functional groups attached to an aromatic ring is 1. The summed E-state index contributed by atoms with van der Waals surface area (Å²) in [5, 5.41) is 0. The molecule has 1 aliphatic rings. The summed E-state index contributed by atoms with van der Waals surface area (Å²) in [6.07, 6.45) is 3.48. The van der Waals surface area contributed by atoms with Crippen LogP contribution in [0.5, 0.6) is 5.75 Å². The van der Waals surface area contributed by atoms with E-state index in [0.29, 0.717) is 12.7 Å². The highest BCUT2D eigenvalue weighted by Gasteiger charge is 2.21. The summed E-state index contributed by atoms with van der Waals surface area (Å²) in [5.74, 6) is 0.799. The molecule has 0 saturated carbocycles. The minimum absolute atomic E-state index is 0.386. The van der Waals surface area contributed by atoms with Crippen LogP contribution in [0, 0.1) is 0 Å². The minimum atomic E-state index is 0.386. The SMILES string of the molecule is CCCOc1cccc(N2CCC(OC)CC2)c1N. The largest absolute Gasteiger partial charge is 0.491 e. The summed E-state index contributed by atoms with van der Waals surface area (Å²) in [4.78, 5) is 2.32. The third-order valence-electron chi connectivity index (χ3n) is 3.62. The third kappa shape index (κ3) is 3.32. The molecule has 0 amide bonds. The Labute approximate surface area is 115 Å². The van der Waals surface area contributed by atoms with Crippen LogP contribution in [0.25, 0.3) is 0 Å². The maximum Gasteiger partial charge on any atom is 0.144 e. The summed E-state index contributed by atoms with van der Waals surface area (Å²) in [6.45, 7) is 4.77. The van der Waals surface area contributed by atoms with Crippen molar-refractivity contribution in [2.75, 3.05) is 37.4 Å². The maximum absolute atomic E-state index is 6.22. The van der Waals surface area contributed by atoms with Crippen LogP contribution in [0.15, 0.2) is 18.2 Å². The van der Waals surface area contributed by atoms with Gasteiger partial charge in [-0.3, -0.25) is 0 Å². The molecule has 1 aromatic carbocycles. The van der Waals surface area contributed by atoms with Gasteiger partial charge in [0.25, 0.3) is 0 Å². The molecule has 4 nitrogen and oxygen atoms in total. The zero-order valence-corrected chi connectivity index (χ0v) is 11.9. The molecule has 1 saturated heterocycles. The Morgan fingerprint density at radius 2 is 2.05 bits per heavy atom. The van der Waals surface area contributed by atoms with Gasteiger partial charge >= 0.3 is 0 Å². The van der Waals surface area contributed by atoms with E-state index in [1.54, 1.807) is 7.11 Å². The van der Waals surface area contributed by atoms with Gasteiger partial charge in [-0.1, -0.05) is 13.0 Å². The number of ether oxygens (including phenoxy) is 2. The van der Waals surface area contributed by atoms with E-state index in [4.69, 9.17) is 15.2 Å². The number of nitrogens with two attached hydrogens (primary N) is 1. The van der Waals surface area contributed by atoms with E-state index in [9.17, 15) is 0 Å². The highest BCUT2D eigenvalue weighted by atomic mass is 16.5. The molecule has 1 heterocycles. The van der Waals surface area contributed by atoms with Crippen molar-refractivity contribution in [2.45, 2.75) is 32.3 Å². The molecule has 1 aromatic rings. The lowest BCUT2D eigenvalue weighted by Gasteiger charge is -2.33. The van der Waals surface area contributed by atoms with Crippen molar-refractivity contribution in [1.82, 2.24) is 0 Å². The van der Waals surface area contributed by atoms with E-state index in [1.165, 1.54) is 0 Å². The second-order valence-electron chi connectivity index (χ2n) is 4.96. The standard InChI is InChI=1S/C15H24N2O2/c1-3-11-19-14-6-4-5-13(15(14)16)17-9-7-12(18-2)8-10-17/h4-6,12H,3,7-11,16H2,1-2H3. The smallest absolute Gasteiger partial charge is 0.144 e. The molecule has 1 fully saturated rings. The van der Waals surface area contributed by atoms with Crippen molar-refractivity contribution < 1.29 is 9.47 Å². The Balaban J connectivity index is 2.08. The number of benzene rings is 1. The number of methoxy groups -OCH3 is 1. The molecular weight excluding hydrogens is 240 g/mol. The fourth-order valence-corrected chi connectivity index (χ4v) is 2.48. The molecular formula is C15H24N2O2. The third-order valence-corrected chi connectivity index (χ3v) is 3.62. The van der Waals surface area contributed by atoms with E-state index >= 15 is 0 Å². The van der Waals surface area contributed by atoms with Crippen LogP contribution in [0.4, 0.5) is 11.4 Å². The van der Waals surface area contributed by atoms with E-state index in [1.807, 2.05) is 12.1 Å². The van der Waals surface area contributed by atoms with E-state index in [0.717, 1.165) is 49.5 Å². The number of para-hydroxylation sites is 1. The molecule has 0 spiro atoms. The van der Waals surface area contributed by atoms with Crippen molar-refractivity contribution in [2.24, 2.45) is 0 Å². The summed E-state index contributed by atoms with van der Waals surface area (Å²) >= 11 is 0. The van der Waals surface area contributed by atoms with Crippen LogP contribution in [-0.2, 0) is 4.74 Å². The van der Waals surface area contributed by atoms with Gasteiger partial charge in [0, 0.05) is 20.2 Å². The van der Waals surface area contributed by atoms with E-state index < -0.39 is 0 Å². The fraction of sp³-hybridized carbons (Fsp3) is 0.600. The van der Waals surface area contributed by atoms with Crippen molar-refractivity contribution in [3.63, 3.8) is 0 Å². The summed E-state index contributed by atoms with van der Waals surface area (Å²) in [6, 6.07) is 6.02. The fourth-order valence-electron chi connectivity index (χ4n) is 2.48. The quantitative estimate of drug-likeness (QED) is 0.831. The Morgan fingerprint density at radius 1 is 1.32 bits per heavy atom. The number of anilines is 2. The van der Waals surface area contributed by atoms with Gasteiger partial charge in [-0.25, -0.2) is 0 Å². The van der Waals surface area contributed by atoms with Crippen LogP contribution in [0.1, 0.15) is 26.2 Å². The molecule has 19 heavy (non-hydrogen) atoms. The van der Waals surface area contributed by atoms with Gasteiger partial charge in [0.2, 0.25) is 0 Å². The molecule has 4 heteroatoms. The Hall–Kier alpha value is -1.42. The summed E-state index contributed by atoms with van der Waals surface area (Å²) in [5.41, 5.74) is 8.07. The highest BCUT2D eigenvalue weighted by molar-refractivity contribution is 5.74. The number of hydrogen-bond donors (Lipinski definition) is 1. The van der Waals surface area contributed by atoms with Gasteiger partial charge in [-0.2, -0.15) is 0 Å². The van der Waals surface area contributed by atoms with E-state index in [2.05, 4.69) is 17.9 Å². The molecule has 2 N–H and O–H groups in total. The first kappa shape index (κ1) is 14.0. The highest BCUT2D eigenvalue weighted by Crippen LogP contribution is 2.34. The first-order chi connectivity index (χ1) is 9.26. The molecule has 0 unspecified atom stereocenters. The van der Waals surface area contributed by atoms with Crippen molar-refractivity contribution in [3.8, 4) is 5.75 Å². The average molecular weight is 264 g/mol.